The summed E-state index contributed by atoms with van der Waals surface area (Å²) in [5.74, 6) is -2.80. The Morgan fingerprint density at radius 1 is 0.750 bits per heavy atom. The summed E-state index contributed by atoms with van der Waals surface area (Å²) in [5, 5.41) is 8.98. The van der Waals surface area contributed by atoms with E-state index in [2.05, 4.69) is 0 Å². The third kappa shape index (κ3) is 2.00. The summed E-state index contributed by atoms with van der Waals surface area (Å²) in [7, 11) is 0. The zero-order chi connectivity index (χ0) is 11.7. The molecule has 0 radical (unpaired) electrons. The van der Waals surface area contributed by atoms with Crippen molar-refractivity contribution in [1.29, 1.82) is 0 Å². The SMILES string of the molecule is Oc1ccc(-c2cc(F)cc(F)c2)cc1F. The lowest BCUT2D eigenvalue weighted by molar-refractivity contribution is 0.432. The van der Waals surface area contributed by atoms with E-state index in [1.165, 1.54) is 6.07 Å². The zero-order valence-corrected chi connectivity index (χ0v) is 8.05. The topological polar surface area (TPSA) is 20.2 Å². The van der Waals surface area contributed by atoms with Crippen LogP contribution in [-0.4, -0.2) is 5.11 Å². The average molecular weight is 224 g/mol. The van der Waals surface area contributed by atoms with Gasteiger partial charge in [0.15, 0.2) is 11.6 Å². The molecule has 0 aromatic heterocycles. The van der Waals surface area contributed by atoms with Crippen molar-refractivity contribution in [3.63, 3.8) is 0 Å². The summed E-state index contributed by atoms with van der Waals surface area (Å²) < 4.78 is 38.8. The number of hydrogen-bond acceptors (Lipinski definition) is 1. The van der Waals surface area contributed by atoms with Crippen molar-refractivity contribution in [3.8, 4) is 16.9 Å². The second-order valence-electron chi connectivity index (χ2n) is 3.32. The van der Waals surface area contributed by atoms with E-state index in [9.17, 15) is 13.2 Å². The first-order chi connectivity index (χ1) is 7.56. The van der Waals surface area contributed by atoms with E-state index in [0.717, 1.165) is 30.3 Å². The number of benzene rings is 2. The highest BCUT2D eigenvalue weighted by atomic mass is 19.1. The second kappa shape index (κ2) is 3.89. The Morgan fingerprint density at radius 3 is 1.94 bits per heavy atom. The van der Waals surface area contributed by atoms with Crippen LogP contribution in [0.15, 0.2) is 36.4 Å². The Bertz CT molecular complexity index is 518. The number of phenols is 1. The highest BCUT2D eigenvalue weighted by Crippen LogP contribution is 2.25. The molecule has 2 aromatic carbocycles. The van der Waals surface area contributed by atoms with Gasteiger partial charge in [-0.15, -0.1) is 0 Å². The lowest BCUT2D eigenvalue weighted by Crippen LogP contribution is -1.85. The smallest absolute Gasteiger partial charge is 0.165 e. The predicted octanol–water partition coefficient (Wildman–Crippen LogP) is 3.48. The van der Waals surface area contributed by atoms with Gasteiger partial charge in [-0.25, -0.2) is 13.2 Å². The minimum atomic E-state index is -0.831. The van der Waals surface area contributed by atoms with E-state index < -0.39 is 23.2 Å². The molecule has 16 heavy (non-hydrogen) atoms. The minimum Gasteiger partial charge on any atom is -0.505 e. The van der Waals surface area contributed by atoms with Crippen LogP contribution in [0.5, 0.6) is 5.75 Å². The van der Waals surface area contributed by atoms with Crippen molar-refractivity contribution < 1.29 is 18.3 Å². The Morgan fingerprint density at radius 2 is 1.38 bits per heavy atom. The highest BCUT2D eigenvalue weighted by molar-refractivity contribution is 5.64. The molecule has 0 bridgehead atoms. The maximum atomic E-state index is 13.0. The Balaban J connectivity index is 2.54. The first-order valence-electron chi connectivity index (χ1n) is 4.51. The minimum absolute atomic E-state index is 0.219. The van der Waals surface area contributed by atoms with Gasteiger partial charge in [0, 0.05) is 6.07 Å². The number of aromatic hydroxyl groups is 1. The molecule has 0 saturated heterocycles. The van der Waals surface area contributed by atoms with Crippen molar-refractivity contribution in [2.24, 2.45) is 0 Å². The molecule has 4 heteroatoms. The first-order valence-corrected chi connectivity index (χ1v) is 4.51. The van der Waals surface area contributed by atoms with Crippen molar-refractivity contribution >= 4 is 0 Å². The molecule has 0 aliphatic carbocycles. The van der Waals surface area contributed by atoms with Crippen molar-refractivity contribution in [1.82, 2.24) is 0 Å². The van der Waals surface area contributed by atoms with Gasteiger partial charge in [-0.1, -0.05) is 6.07 Å². The van der Waals surface area contributed by atoms with Crippen LogP contribution in [0, 0.1) is 17.5 Å². The van der Waals surface area contributed by atoms with Gasteiger partial charge in [0.1, 0.15) is 11.6 Å². The van der Waals surface area contributed by atoms with Gasteiger partial charge >= 0.3 is 0 Å². The van der Waals surface area contributed by atoms with Crippen LogP contribution in [0.2, 0.25) is 0 Å². The average Bonchev–Trinajstić information content (AvgIpc) is 2.20. The van der Waals surface area contributed by atoms with E-state index in [-0.39, 0.29) is 5.56 Å². The van der Waals surface area contributed by atoms with Gasteiger partial charge < -0.3 is 5.11 Å². The maximum absolute atomic E-state index is 13.0. The molecule has 0 fully saturated rings. The molecular weight excluding hydrogens is 217 g/mol. The van der Waals surface area contributed by atoms with Gasteiger partial charge in [-0.2, -0.15) is 0 Å². The summed E-state index contributed by atoms with van der Waals surface area (Å²) in [6.45, 7) is 0. The molecule has 82 valence electrons. The molecule has 0 aliphatic heterocycles. The zero-order valence-electron chi connectivity index (χ0n) is 8.05. The molecule has 0 amide bonds. The summed E-state index contributed by atoms with van der Waals surface area (Å²) in [6, 6.07) is 6.45. The highest BCUT2D eigenvalue weighted by Gasteiger charge is 2.06. The molecule has 2 aromatic rings. The molecular formula is C12H7F3O. The third-order valence-electron chi connectivity index (χ3n) is 2.14. The third-order valence-corrected chi connectivity index (χ3v) is 2.14. The van der Waals surface area contributed by atoms with Crippen LogP contribution < -0.4 is 0 Å². The van der Waals surface area contributed by atoms with Crippen LogP contribution in [0.3, 0.4) is 0 Å². The van der Waals surface area contributed by atoms with Crippen LogP contribution in [0.25, 0.3) is 11.1 Å². The Labute approximate surface area is 89.8 Å². The number of phenolic OH excluding ortho intramolecular Hbond substituents is 1. The molecule has 0 atom stereocenters. The fraction of sp³-hybridized carbons (Fsp3) is 0. The van der Waals surface area contributed by atoms with Gasteiger partial charge in [-0.05, 0) is 35.4 Å². The van der Waals surface area contributed by atoms with Crippen molar-refractivity contribution in [2.75, 3.05) is 0 Å². The summed E-state index contributed by atoms with van der Waals surface area (Å²) in [5.41, 5.74) is 0.519. The van der Waals surface area contributed by atoms with E-state index in [1.807, 2.05) is 0 Å². The second-order valence-corrected chi connectivity index (χ2v) is 3.32. The Kier molecular flexibility index (Phi) is 2.56. The van der Waals surface area contributed by atoms with Gasteiger partial charge in [0.05, 0.1) is 0 Å². The van der Waals surface area contributed by atoms with Gasteiger partial charge in [-0.3, -0.25) is 0 Å². The van der Waals surface area contributed by atoms with E-state index in [1.54, 1.807) is 0 Å². The van der Waals surface area contributed by atoms with Crippen LogP contribution in [0.4, 0.5) is 13.2 Å². The quantitative estimate of drug-likeness (QED) is 0.786. The monoisotopic (exact) mass is 224 g/mol. The van der Waals surface area contributed by atoms with Crippen molar-refractivity contribution in [3.05, 3.63) is 53.8 Å². The lowest BCUT2D eigenvalue weighted by Gasteiger charge is -2.03. The maximum Gasteiger partial charge on any atom is 0.165 e. The molecule has 0 unspecified atom stereocenters. The fourth-order valence-electron chi connectivity index (χ4n) is 1.41. The number of hydrogen-bond donors (Lipinski definition) is 1. The van der Waals surface area contributed by atoms with Crippen LogP contribution in [-0.2, 0) is 0 Å². The predicted molar refractivity (Wildman–Crippen MR) is 53.4 cm³/mol. The molecule has 1 N–H and O–H groups in total. The number of rotatable bonds is 1. The summed E-state index contributed by atoms with van der Waals surface area (Å²) in [6.07, 6.45) is 0. The normalized spacial score (nSPS) is 10.4. The van der Waals surface area contributed by atoms with E-state index >= 15 is 0 Å². The van der Waals surface area contributed by atoms with Crippen molar-refractivity contribution in [2.45, 2.75) is 0 Å². The molecule has 2 rings (SSSR count). The van der Waals surface area contributed by atoms with Crippen LogP contribution >= 0.6 is 0 Å². The molecule has 0 saturated carbocycles. The summed E-state index contributed by atoms with van der Waals surface area (Å²) in [4.78, 5) is 0. The fourth-order valence-corrected chi connectivity index (χ4v) is 1.41. The van der Waals surface area contributed by atoms with E-state index in [0.29, 0.717) is 5.56 Å². The molecule has 1 nitrogen and oxygen atoms in total. The lowest BCUT2D eigenvalue weighted by atomic mass is 10.1. The van der Waals surface area contributed by atoms with Gasteiger partial charge in [0.25, 0.3) is 0 Å². The standard InChI is InChI=1S/C12H7F3O/c13-9-3-8(4-10(14)6-9)7-1-2-12(16)11(15)5-7/h1-6,16H. The van der Waals surface area contributed by atoms with E-state index in [4.69, 9.17) is 5.11 Å². The van der Waals surface area contributed by atoms with Crippen LogP contribution in [0.1, 0.15) is 0 Å². The van der Waals surface area contributed by atoms with Gasteiger partial charge in [0.2, 0.25) is 0 Å². The Hall–Kier alpha value is -1.97. The first kappa shape index (κ1) is 10.5. The molecule has 0 spiro atoms. The summed E-state index contributed by atoms with van der Waals surface area (Å²) >= 11 is 0. The largest absolute Gasteiger partial charge is 0.505 e. The molecule has 0 aliphatic rings. The number of halogens is 3. The molecule has 0 heterocycles.